The zero-order valence-electron chi connectivity index (χ0n) is 14.6. The number of thiocarbonyl (C=S) groups is 1. The topological polar surface area (TPSA) is 50.4 Å². The van der Waals surface area contributed by atoms with Gasteiger partial charge in [0.1, 0.15) is 5.00 Å². The van der Waals surface area contributed by atoms with Crippen LogP contribution in [0.25, 0.3) is 0 Å². The SMILES string of the molecule is CCOC(=O)c1c(NC(=S)Nc2cc(C)ccc2C)sc(C)c1C. The number of nitrogens with one attached hydrogen (secondary N) is 2. The summed E-state index contributed by atoms with van der Waals surface area (Å²) in [6.45, 7) is 10.1. The molecule has 2 rings (SSSR count). The van der Waals surface area contributed by atoms with Crippen LogP contribution in [0.3, 0.4) is 0 Å². The molecule has 0 saturated carbocycles. The molecule has 2 aromatic rings. The molecule has 0 fully saturated rings. The summed E-state index contributed by atoms with van der Waals surface area (Å²) in [5.74, 6) is -0.323. The molecule has 2 N–H and O–H groups in total. The summed E-state index contributed by atoms with van der Waals surface area (Å²) in [5.41, 5.74) is 4.70. The molecule has 128 valence electrons. The number of hydrogen-bond donors (Lipinski definition) is 2. The van der Waals surface area contributed by atoms with Crippen molar-refractivity contribution >= 4 is 45.3 Å². The Bertz CT molecular complexity index is 782. The monoisotopic (exact) mass is 362 g/mol. The van der Waals surface area contributed by atoms with E-state index >= 15 is 0 Å². The molecule has 0 saturated heterocycles. The molecule has 1 heterocycles. The Morgan fingerprint density at radius 3 is 2.58 bits per heavy atom. The van der Waals surface area contributed by atoms with Crippen LogP contribution in [0.15, 0.2) is 18.2 Å². The maximum atomic E-state index is 12.2. The highest BCUT2D eigenvalue weighted by molar-refractivity contribution is 7.80. The molecule has 1 aromatic carbocycles. The molecule has 0 amide bonds. The van der Waals surface area contributed by atoms with E-state index in [0.717, 1.165) is 27.3 Å². The van der Waals surface area contributed by atoms with Crippen molar-refractivity contribution in [1.29, 1.82) is 0 Å². The van der Waals surface area contributed by atoms with E-state index in [2.05, 4.69) is 16.7 Å². The second-order valence-corrected chi connectivity index (χ2v) is 7.24. The first-order valence-electron chi connectivity index (χ1n) is 7.75. The Morgan fingerprint density at radius 2 is 1.92 bits per heavy atom. The zero-order valence-corrected chi connectivity index (χ0v) is 16.2. The first-order chi connectivity index (χ1) is 11.3. The van der Waals surface area contributed by atoms with Gasteiger partial charge in [-0.25, -0.2) is 4.79 Å². The fraction of sp³-hybridized carbons (Fsp3) is 0.333. The number of ether oxygens (including phenoxy) is 1. The lowest BCUT2D eigenvalue weighted by Gasteiger charge is -2.13. The highest BCUT2D eigenvalue weighted by Gasteiger charge is 2.21. The third kappa shape index (κ3) is 4.13. The Morgan fingerprint density at radius 1 is 1.21 bits per heavy atom. The molecule has 0 spiro atoms. The van der Waals surface area contributed by atoms with Crippen LogP contribution in [0.2, 0.25) is 0 Å². The first-order valence-corrected chi connectivity index (χ1v) is 8.98. The standard InChI is InChI=1S/C18H22N2O2S2/c1-6-22-17(21)15-12(4)13(5)24-16(15)20-18(23)19-14-9-10(2)7-8-11(14)3/h7-9H,6H2,1-5H3,(H2,19,20,23). The molecular formula is C18H22N2O2S2. The summed E-state index contributed by atoms with van der Waals surface area (Å²) in [4.78, 5) is 13.3. The fourth-order valence-electron chi connectivity index (χ4n) is 2.29. The number of carbonyl (C=O) groups is 1. The number of benzene rings is 1. The van der Waals surface area contributed by atoms with E-state index in [-0.39, 0.29) is 5.97 Å². The van der Waals surface area contributed by atoms with Crippen molar-refractivity contribution in [1.82, 2.24) is 0 Å². The van der Waals surface area contributed by atoms with E-state index in [4.69, 9.17) is 17.0 Å². The molecule has 0 bridgehead atoms. The van der Waals surface area contributed by atoms with Crippen molar-refractivity contribution in [2.24, 2.45) is 0 Å². The summed E-state index contributed by atoms with van der Waals surface area (Å²) in [5, 5.41) is 7.51. The van der Waals surface area contributed by atoms with Gasteiger partial charge in [-0.3, -0.25) is 0 Å². The molecule has 0 aliphatic carbocycles. The minimum absolute atomic E-state index is 0.323. The third-order valence-electron chi connectivity index (χ3n) is 3.73. The van der Waals surface area contributed by atoms with Gasteiger partial charge in [0.25, 0.3) is 0 Å². The Balaban J connectivity index is 2.21. The predicted octanol–water partition coefficient (Wildman–Crippen LogP) is 4.97. The van der Waals surface area contributed by atoms with Crippen LogP contribution < -0.4 is 10.6 Å². The number of anilines is 2. The quantitative estimate of drug-likeness (QED) is 0.594. The summed E-state index contributed by atoms with van der Waals surface area (Å²) in [7, 11) is 0. The summed E-state index contributed by atoms with van der Waals surface area (Å²) >= 11 is 6.92. The number of carbonyl (C=O) groups excluding carboxylic acids is 1. The predicted molar refractivity (Wildman–Crippen MR) is 106 cm³/mol. The highest BCUT2D eigenvalue weighted by atomic mass is 32.1. The number of rotatable bonds is 4. The average molecular weight is 363 g/mol. The van der Waals surface area contributed by atoms with Gasteiger partial charge in [0.2, 0.25) is 0 Å². The molecule has 0 radical (unpaired) electrons. The number of esters is 1. The Kier molecular flexibility index (Phi) is 5.96. The molecule has 0 unspecified atom stereocenters. The van der Waals surface area contributed by atoms with Crippen molar-refractivity contribution in [3.05, 3.63) is 45.3 Å². The second kappa shape index (κ2) is 7.77. The zero-order chi connectivity index (χ0) is 17.9. The molecule has 0 atom stereocenters. The summed E-state index contributed by atoms with van der Waals surface area (Å²) in [6.07, 6.45) is 0. The molecule has 6 heteroatoms. The average Bonchev–Trinajstić information content (AvgIpc) is 2.77. The Hall–Kier alpha value is -1.92. The van der Waals surface area contributed by atoms with E-state index < -0.39 is 0 Å². The molecule has 4 nitrogen and oxygen atoms in total. The van der Waals surface area contributed by atoms with Gasteiger partial charge in [0, 0.05) is 10.6 Å². The fourth-order valence-corrected chi connectivity index (χ4v) is 3.62. The highest BCUT2D eigenvalue weighted by Crippen LogP contribution is 2.33. The van der Waals surface area contributed by atoms with Crippen LogP contribution >= 0.6 is 23.6 Å². The van der Waals surface area contributed by atoms with Crippen LogP contribution in [0.4, 0.5) is 10.7 Å². The van der Waals surface area contributed by atoms with Gasteiger partial charge in [-0.1, -0.05) is 12.1 Å². The van der Waals surface area contributed by atoms with Gasteiger partial charge in [0.15, 0.2) is 5.11 Å². The van der Waals surface area contributed by atoms with Gasteiger partial charge in [-0.05, 0) is 69.6 Å². The van der Waals surface area contributed by atoms with Gasteiger partial charge in [0.05, 0.1) is 12.2 Å². The molecule has 0 aliphatic rings. The molecule has 1 aromatic heterocycles. The van der Waals surface area contributed by atoms with E-state index in [0.29, 0.717) is 22.3 Å². The molecular weight excluding hydrogens is 340 g/mol. The lowest BCUT2D eigenvalue weighted by Crippen LogP contribution is -2.20. The van der Waals surface area contributed by atoms with Crippen molar-refractivity contribution in [2.45, 2.75) is 34.6 Å². The lowest BCUT2D eigenvalue weighted by atomic mass is 10.1. The maximum absolute atomic E-state index is 12.2. The largest absolute Gasteiger partial charge is 0.462 e. The van der Waals surface area contributed by atoms with Gasteiger partial charge >= 0.3 is 5.97 Å². The van der Waals surface area contributed by atoms with E-state index in [1.54, 1.807) is 6.92 Å². The van der Waals surface area contributed by atoms with Crippen molar-refractivity contribution in [3.8, 4) is 0 Å². The van der Waals surface area contributed by atoms with Crippen molar-refractivity contribution in [2.75, 3.05) is 17.2 Å². The van der Waals surface area contributed by atoms with E-state index in [1.807, 2.05) is 39.8 Å². The molecule has 24 heavy (non-hydrogen) atoms. The normalized spacial score (nSPS) is 10.4. The van der Waals surface area contributed by atoms with Gasteiger partial charge in [-0.15, -0.1) is 11.3 Å². The van der Waals surface area contributed by atoms with Crippen LogP contribution in [0, 0.1) is 27.7 Å². The van der Waals surface area contributed by atoms with Crippen molar-refractivity contribution < 1.29 is 9.53 Å². The van der Waals surface area contributed by atoms with Gasteiger partial charge in [-0.2, -0.15) is 0 Å². The summed E-state index contributed by atoms with van der Waals surface area (Å²) < 4.78 is 5.16. The number of thiophene rings is 1. The number of hydrogen-bond acceptors (Lipinski definition) is 4. The Labute approximate surface area is 152 Å². The smallest absolute Gasteiger partial charge is 0.341 e. The van der Waals surface area contributed by atoms with Gasteiger partial charge < -0.3 is 15.4 Å². The molecule has 0 aliphatic heterocycles. The lowest BCUT2D eigenvalue weighted by molar-refractivity contribution is 0.0527. The van der Waals surface area contributed by atoms with Crippen LogP contribution in [-0.4, -0.2) is 17.7 Å². The summed E-state index contributed by atoms with van der Waals surface area (Å²) in [6, 6.07) is 6.14. The van der Waals surface area contributed by atoms with Crippen LogP contribution in [0.1, 0.15) is 38.8 Å². The first kappa shape index (κ1) is 18.4. The van der Waals surface area contributed by atoms with Crippen LogP contribution in [-0.2, 0) is 4.74 Å². The van der Waals surface area contributed by atoms with E-state index in [9.17, 15) is 4.79 Å². The third-order valence-corrected chi connectivity index (χ3v) is 5.06. The van der Waals surface area contributed by atoms with Crippen molar-refractivity contribution in [3.63, 3.8) is 0 Å². The van der Waals surface area contributed by atoms with Crippen LogP contribution in [0.5, 0.6) is 0 Å². The minimum Gasteiger partial charge on any atom is -0.462 e. The van der Waals surface area contributed by atoms with E-state index in [1.165, 1.54) is 11.3 Å². The number of aryl methyl sites for hydroxylation is 3. The minimum atomic E-state index is -0.323. The maximum Gasteiger partial charge on any atom is 0.341 e. The second-order valence-electron chi connectivity index (χ2n) is 5.61.